The second kappa shape index (κ2) is 4.87. The summed E-state index contributed by atoms with van der Waals surface area (Å²) in [5.41, 5.74) is 1.35. The number of rotatable bonds is 4. The van der Waals surface area contributed by atoms with Crippen molar-refractivity contribution in [3.8, 4) is 0 Å². The fraction of sp³-hybridized carbons (Fsp3) is 0.824. The predicted octanol–water partition coefficient (Wildman–Crippen LogP) is 3.38. The molecular weight excluding hydrogens is 246 g/mol. The van der Waals surface area contributed by atoms with E-state index < -0.39 is 0 Å². The summed E-state index contributed by atoms with van der Waals surface area (Å²) in [5, 5.41) is 8.38. The molecule has 4 bridgehead atoms. The highest BCUT2D eigenvalue weighted by Gasteiger charge is 2.48. The molecule has 0 aliphatic heterocycles. The van der Waals surface area contributed by atoms with Crippen LogP contribution >= 0.6 is 0 Å². The second-order valence-corrected chi connectivity index (χ2v) is 7.47. The molecule has 1 aromatic rings. The smallest absolute Gasteiger partial charge is 0.0537 e. The van der Waals surface area contributed by atoms with Crippen molar-refractivity contribution in [3.05, 3.63) is 18.0 Å². The summed E-state index contributed by atoms with van der Waals surface area (Å²) in [6.45, 7) is 5.42. The highest BCUT2D eigenvalue weighted by Crippen LogP contribution is 2.54. The Morgan fingerprint density at radius 3 is 2.40 bits per heavy atom. The average molecular weight is 273 g/mol. The summed E-state index contributed by atoms with van der Waals surface area (Å²) < 4.78 is 2.03. The van der Waals surface area contributed by atoms with Crippen molar-refractivity contribution in [2.45, 2.75) is 64.6 Å². The zero-order valence-corrected chi connectivity index (χ0v) is 12.8. The lowest BCUT2D eigenvalue weighted by molar-refractivity contribution is -0.0171. The second-order valence-electron chi connectivity index (χ2n) is 7.47. The van der Waals surface area contributed by atoms with Gasteiger partial charge >= 0.3 is 0 Å². The summed E-state index contributed by atoms with van der Waals surface area (Å²) in [4.78, 5) is 0. The van der Waals surface area contributed by atoms with E-state index in [1.807, 2.05) is 10.9 Å². The van der Waals surface area contributed by atoms with Crippen molar-refractivity contribution in [2.24, 2.45) is 23.7 Å². The molecule has 4 aliphatic carbocycles. The molecule has 3 heteroatoms. The molecule has 4 saturated carbocycles. The molecule has 0 aromatic carbocycles. The van der Waals surface area contributed by atoms with Crippen LogP contribution in [0.4, 0.5) is 0 Å². The fourth-order valence-corrected chi connectivity index (χ4v) is 5.36. The van der Waals surface area contributed by atoms with E-state index >= 15 is 0 Å². The monoisotopic (exact) mass is 273 g/mol. The molecule has 110 valence electrons. The van der Waals surface area contributed by atoms with Gasteiger partial charge in [-0.1, -0.05) is 0 Å². The zero-order valence-electron chi connectivity index (χ0n) is 12.8. The van der Waals surface area contributed by atoms with E-state index in [0.717, 1.165) is 36.3 Å². The van der Waals surface area contributed by atoms with Crippen LogP contribution in [0.1, 0.15) is 57.6 Å². The molecule has 1 unspecified atom stereocenters. The van der Waals surface area contributed by atoms with Crippen molar-refractivity contribution in [1.82, 2.24) is 15.1 Å². The number of aryl methyl sites for hydroxylation is 1. The molecule has 0 amide bonds. The Labute approximate surface area is 122 Å². The van der Waals surface area contributed by atoms with Crippen molar-refractivity contribution < 1.29 is 0 Å². The van der Waals surface area contributed by atoms with Crippen LogP contribution in [0.3, 0.4) is 0 Å². The summed E-state index contributed by atoms with van der Waals surface area (Å²) in [7, 11) is 0. The Bertz CT molecular complexity index is 450. The number of hydrogen-bond donors (Lipinski definition) is 1. The average Bonchev–Trinajstić information content (AvgIpc) is 2.91. The Kier molecular flexibility index (Phi) is 3.13. The standard InChI is InChI=1S/C17H27N3/c1-3-20-10-16(9-18-20)11(2)19-17-14-5-12-4-13(7-14)8-15(17)6-12/h9-15,17,19H,3-8H2,1-2H3. The molecule has 20 heavy (non-hydrogen) atoms. The van der Waals surface area contributed by atoms with Crippen molar-refractivity contribution in [3.63, 3.8) is 0 Å². The van der Waals surface area contributed by atoms with Crippen LogP contribution in [0.2, 0.25) is 0 Å². The Morgan fingerprint density at radius 2 is 1.85 bits per heavy atom. The Hall–Kier alpha value is -0.830. The third-order valence-electron chi connectivity index (χ3n) is 6.15. The highest BCUT2D eigenvalue weighted by atomic mass is 15.3. The van der Waals surface area contributed by atoms with E-state index in [4.69, 9.17) is 0 Å². The minimum atomic E-state index is 0.442. The number of aromatic nitrogens is 2. The van der Waals surface area contributed by atoms with Crippen LogP contribution in [0.15, 0.2) is 12.4 Å². The summed E-state index contributed by atoms with van der Waals surface area (Å²) >= 11 is 0. The van der Waals surface area contributed by atoms with Crippen LogP contribution in [-0.4, -0.2) is 15.8 Å². The first-order chi connectivity index (χ1) is 9.72. The molecular formula is C17H27N3. The normalized spacial score (nSPS) is 40.2. The Balaban J connectivity index is 1.46. The third-order valence-corrected chi connectivity index (χ3v) is 6.15. The van der Waals surface area contributed by atoms with E-state index in [0.29, 0.717) is 6.04 Å². The lowest BCUT2D eigenvalue weighted by Crippen LogP contribution is -2.54. The number of nitrogens with zero attached hydrogens (tertiary/aromatic N) is 2. The SMILES string of the molecule is CCn1cc(C(C)NC2C3CC4CC(C3)CC2C4)cn1. The molecule has 1 atom stereocenters. The van der Waals surface area contributed by atoms with E-state index in [1.54, 1.807) is 6.42 Å². The van der Waals surface area contributed by atoms with Crippen molar-refractivity contribution in [1.29, 1.82) is 0 Å². The van der Waals surface area contributed by atoms with E-state index in [-0.39, 0.29) is 0 Å². The molecule has 0 saturated heterocycles. The van der Waals surface area contributed by atoms with Gasteiger partial charge in [-0.05, 0) is 69.6 Å². The largest absolute Gasteiger partial charge is 0.307 e. The van der Waals surface area contributed by atoms with Crippen LogP contribution in [0, 0.1) is 23.7 Å². The van der Waals surface area contributed by atoms with Gasteiger partial charge in [0.05, 0.1) is 6.20 Å². The quantitative estimate of drug-likeness (QED) is 0.911. The molecule has 5 rings (SSSR count). The maximum atomic E-state index is 4.42. The van der Waals surface area contributed by atoms with Gasteiger partial charge in [0.15, 0.2) is 0 Å². The first-order valence-corrected chi connectivity index (χ1v) is 8.51. The molecule has 1 aromatic heterocycles. The molecule has 0 radical (unpaired) electrons. The topological polar surface area (TPSA) is 29.9 Å². The van der Waals surface area contributed by atoms with Crippen LogP contribution in [-0.2, 0) is 6.54 Å². The number of hydrogen-bond acceptors (Lipinski definition) is 2. The molecule has 1 N–H and O–H groups in total. The first-order valence-electron chi connectivity index (χ1n) is 8.51. The van der Waals surface area contributed by atoms with Gasteiger partial charge in [0.2, 0.25) is 0 Å². The molecule has 0 spiro atoms. The molecule has 3 nitrogen and oxygen atoms in total. The zero-order chi connectivity index (χ0) is 13.7. The van der Waals surface area contributed by atoms with Gasteiger partial charge in [0.1, 0.15) is 0 Å². The third kappa shape index (κ3) is 2.11. The van der Waals surface area contributed by atoms with Gasteiger partial charge in [0, 0.05) is 30.4 Å². The minimum absolute atomic E-state index is 0.442. The van der Waals surface area contributed by atoms with Gasteiger partial charge in [-0.3, -0.25) is 4.68 Å². The van der Waals surface area contributed by atoms with Gasteiger partial charge in [-0.15, -0.1) is 0 Å². The van der Waals surface area contributed by atoms with E-state index in [9.17, 15) is 0 Å². The molecule has 4 fully saturated rings. The number of nitrogens with one attached hydrogen (secondary N) is 1. The summed E-state index contributed by atoms with van der Waals surface area (Å²) in [6, 6.07) is 1.21. The lowest BCUT2D eigenvalue weighted by atomic mass is 9.54. The fourth-order valence-electron chi connectivity index (χ4n) is 5.36. The van der Waals surface area contributed by atoms with Gasteiger partial charge in [0.25, 0.3) is 0 Å². The van der Waals surface area contributed by atoms with Gasteiger partial charge < -0.3 is 5.32 Å². The van der Waals surface area contributed by atoms with E-state index in [2.05, 4.69) is 30.5 Å². The van der Waals surface area contributed by atoms with Crippen molar-refractivity contribution in [2.75, 3.05) is 0 Å². The summed E-state index contributed by atoms with van der Waals surface area (Å²) in [6.07, 6.45) is 11.7. The predicted molar refractivity (Wildman–Crippen MR) is 80.3 cm³/mol. The minimum Gasteiger partial charge on any atom is -0.307 e. The van der Waals surface area contributed by atoms with E-state index in [1.165, 1.54) is 31.2 Å². The van der Waals surface area contributed by atoms with Gasteiger partial charge in [-0.2, -0.15) is 5.10 Å². The van der Waals surface area contributed by atoms with Crippen LogP contribution in [0.25, 0.3) is 0 Å². The summed E-state index contributed by atoms with van der Waals surface area (Å²) in [5.74, 6) is 4.03. The first kappa shape index (κ1) is 12.9. The Morgan fingerprint density at radius 1 is 1.20 bits per heavy atom. The van der Waals surface area contributed by atoms with Gasteiger partial charge in [-0.25, -0.2) is 0 Å². The lowest BCUT2D eigenvalue weighted by Gasteiger charge is -2.55. The molecule has 4 aliphatic rings. The highest BCUT2D eigenvalue weighted by molar-refractivity contribution is 5.11. The maximum Gasteiger partial charge on any atom is 0.0537 e. The maximum absolute atomic E-state index is 4.42. The molecule has 1 heterocycles. The van der Waals surface area contributed by atoms with Crippen molar-refractivity contribution >= 4 is 0 Å². The van der Waals surface area contributed by atoms with Crippen LogP contribution < -0.4 is 5.32 Å². The van der Waals surface area contributed by atoms with Crippen LogP contribution in [0.5, 0.6) is 0 Å².